The van der Waals surface area contributed by atoms with Gasteiger partial charge in [-0.3, -0.25) is 4.79 Å². The topological polar surface area (TPSA) is 124 Å². The number of hydrogen-bond acceptors (Lipinski definition) is 7. The zero-order valence-corrected chi connectivity index (χ0v) is 23.3. The van der Waals surface area contributed by atoms with Crippen molar-refractivity contribution in [1.82, 2.24) is 10.3 Å². The Morgan fingerprint density at radius 1 is 1.10 bits per heavy atom. The quantitative estimate of drug-likeness (QED) is 0.362. The van der Waals surface area contributed by atoms with Crippen molar-refractivity contribution < 1.29 is 33.7 Å². The molecular weight excluding hydrogens is 512 g/mol. The summed E-state index contributed by atoms with van der Waals surface area (Å²) in [7, 11) is 1.58. The molecular formula is C31H34N2O7. The molecule has 0 spiro atoms. The summed E-state index contributed by atoms with van der Waals surface area (Å²) in [4.78, 5) is 42.7. The minimum absolute atomic E-state index is 0.0788. The maximum absolute atomic E-state index is 13.2. The maximum atomic E-state index is 13.2. The van der Waals surface area contributed by atoms with Gasteiger partial charge in [0.05, 0.1) is 24.2 Å². The summed E-state index contributed by atoms with van der Waals surface area (Å²) >= 11 is 0. The number of carboxylic acid groups (broad SMARTS) is 1. The Morgan fingerprint density at radius 3 is 2.45 bits per heavy atom. The highest BCUT2D eigenvalue weighted by Gasteiger charge is 2.38. The smallest absolute Gasteiger partial charge is 0.332 e. The Labute approximate surface area is 233 Å². The number of carbonyl (C=O) groups is 3. The van der Waals surface area contributed by atoms with Crippen LogP contribution in [0.1, 0.15) is 40.5 Å². The van der Waals surface area contributed by atoms with E-state index in [-0.39, 0.29) is 12.0 Å². The van der Waals surface area contributed by atoms with Gasteiger partial charge in [0.1, 0.15) is 29.2 Å². The Morgan fingerprint density at radius 2 is 1.82 bits per heavy atom. The number of carbonyl (C=O) groups excluding carboxylic acids is 2. The van der Waals surface area contributed by atoms with Gasteiger partial charge in [-0.15, -0.1) is 0 Å². The van der Waals surface area contributed by atoms with Crippen molar-refractivity contribution in [3.63, 3.8) is 0 Å². The molecule has 1 aromatic heterocycles. The molecule has 3 atom stereocenters. The normalized spacial score (nSPS) is 17.6. The number of aliphatic carboxylic acids is 1. The van der Waals surface area contributed by atoms with Gasteiger partial charge in [-0.05, 0) is 45.4 Å². The van der Waals surface area contributed by atoms with E-state index in [1.165, 1.54) is 6.08 Å². The minimum atomic E-state index is -1.22. The summed E-state index contributed by atoms with van der Waals surface area (Å²) in [6.07, 6.45) is 1.16. The third-order valence-corrected chi connectivity index (χ3v) is 6.52. The number of ether oxygens (including phenoxy) is 3. The number of aromatic nitrogens is 1. The van der Waals surface area contributed by atoms with Crippen molar-refractivity contribution in [1.29, 1.82) is 0 Å². The molecule has 0 fully saturated rings. The van der Waals surface area contributed by atoms with Gasteiger partial charge in [0.2, 0.25) is 5.91 Å². The maximum Gasteiger partial charge on any atom is 0.332 e. The summed E-state index contributed by atoms with van der Waals surface area (Å²) in [6.45, 7) is 6.97. The molecule has 210 valence electrons. The van der Waals surface area contributed by atoms with Crippen LogP contribution in [0.4, 0.5) is 0 Å². The van der Waals surface area contributed by atoms with Gasteiger partial charge >= 0.3 is 11.9 Å². The molecule has 1 aliphatic rings. The number of amides is 1. The lowest BCUT2D eigenvalue weighted by Crippen LogP contribution is -2.46. The van der Waals surface area contributed by atoms with Crippen molar-refractivity contribution in [2.75, 3.05) is 7.11 Å². The fraction of sp³-hybridized carbons (Fsp3) is 0.355. The van der Waals surface area contributed by atoms with Crippen LogP contribution >= 0.6 is 0 Å². The lowest BCUT2D eigenvalue weighted by Gasteiger charge is -2.25. The number of rotatable bonds is 9. The van der Waals surface area contributed by atoms with Gasteiger partial charge in [-0.1, -0.05) is 37.3 Å². The standard InChI is InChI=1S/C31H34N2O7/c1-6-24(30(37)40-31(2,3)4)33-28(34)22-14-20(15-23(22)29(35)36)39-27-17-25(18-10-8-7-9-11-18)32-26-16-19(38-5)12-13-21(26)27/h7-13,15-17,20,22,24H,6,14H2,1-5H3,(H,33,34)(H,35,36)/t20?,22?,24-/m0/s1. The molecule has 2 aromatic carbocycles. The first-order valence-electron chi connectivity index (χ1n) is 13.2. The van der Waals surface area contributed by atoms with Crippen LogP contribution in [-0.4, -0.2) is 52.8 Å². The molecule has 0 aliphatic heterocycles. The van der Waals surface area contributed by atoms with Gasteiger partial charge in [0.25, 0.3) is 0 Å². The Hall–Kier alpha value is -4.40. The molecule has 1 amide bonds. The van der Waals surface area contributed by atoms with E-state index in [0.29, 0.717) is 29.1 Å². The van der Waals surface area contributed by atoms with Crippen LogP contribution in [0.2, 0.25) is 0 Å². The summed E-state index contributed by atoms with van der Waals surface area (Å²) in [5.41, 5.74) is 1.41. The molecule has 9 heteroatoms. The number of hydrogen-bond donors (Lipinski definition) is 2. The third kappa shape index (κ3) is 6.59. The zero-order chi connectivity index (χ0) is 29.0. The predicted octanol–water partition coefficient (Wildman–Crippen LogP) is 4.93. The van der Waals surface area contributed by atoms with E-state index < -0.39 is 41.5 Å². The molecule has 40 heavy (non-hydrogen) atoms. The number of esters is 1. The third-order valence-electron chi connectivity index (χ3n) is 6.52. The monoisotopic (exact) mass is 546 g/mol. The van der Waals surface area contributed by atoms with Gasteiger partial charge in [-0.25, -0.2) is 14.6 Å². The first kappa shape index (κ1) is 28.6. The Bertz CT molecular complexity index is 1440. The van der Waals surface area contributed by atoms with E-state index in [1.807, 2.05) is 36.4 Å². The number of benzene rings is 2. The minimum Gasteiger partial charge on any atom is -0.497 e. The first-order chi connectivity index (χ1) is 19.0. The number of nitrogens with zero attached hydrogens (tertiary/aromatic N) is 1. The molecule has 1 heterocycles. The van der Waals surface area contributed by atoms with Crippen molar-refractivity contribution in [3.8, 4) is 22.8 Å². The molecule has 1 aliphatic carbocycles. The lowest BCUT2D eigenvalue weighted by molar-refractivity contribution is -0.158. The molecule has 0 saturated heterocycles. The highest BCUT2D eigenvalue weighted by Crippen LogP contribution is 2.36. The first-order valence-corrected chi connectivity index (χ1v) is 13.2. The van der Waals surface area contributed by atoms with Crippen molar-refractivity contribution >= 4 is 28.7 Å². The largest absolute Gasteiger partial charge is 0.497 e. The average molecular weight is 547 g/mol. The summed E-state index contributed by atoms with van der Waals surface area (Å²) in [5.74, 6) is -2.21. The predicted molar refractivity (Wildman–Crippen MR) is 150 cm³/mol. The molecule has 0 bridgehead atoms. The Kier molecular flexibility index (Phi) is 8.42. The highest BCUT2D eigenvalue weighted by molar-refractivity contribution is 5.98. The fourth-order valence-corrected chi connectivity index (χ4v) is 4.59. The second-order valence-corrected chi connectivity index (χ2v) is 10.6. The second kappa shape index (κ2) is 11.8. The van der Waals surface area contributed by atoms with E-state index in [1.54, 1.807) is 53.0 Å². The number of fused-ring (bicyclic) bond motifs is 1. The molecule has 9 nitrogen and oxygen atoms in total. The summed E-state index contributed by atoms with van der Waals surface area (Å²) in [6, 6.07) is 16.0. The van der Waals surface area contributed by atoms with Crippen LogP contribution < -0.4 is 14.8 Å². The number of nitrogens with one attached hydrogen (secondary N) is 1. The summed E-state index contributed by atoms with van der Waals surface area (Å²) < 4.78 is 17.1. The van der Waals surface area contributed by atoms with Crippen LogP contribution in [0.5, 0.6) is 11.5 Å². The van der Waals surface area contributed by atoms with Crippen molar-refractivity contribution in [3.05, 3.63) is 66.2 Å². The number of pyridine rings is 1. The summed E-state index contributed by atoms with van der Waals surface area (Å²) in [5, 5.41) is 13.3. The van der Waals surface area contributed by atoms with E-state index >= 15 is 0 Å². The fourth-order valence-electron chi connectivity index (χ4n) is 4.59. The second-order valence-electron chi connectivity index (χ2n) is 10.6. The van der Waals surface area contributed by atoms with Crippen molar-refractivity contribution in [2.45, 2.75) is 58.3 Å². The molecule has 0 saturated carbocycles. The lowest BCUT2D eigenvalue weighted by atomic mass is 9.99. The number of carboxylic acids is 1. The molecule has 3 aromatic rings. The van der Waals surface area contributed by atoms with Crippen LogP contribution in [0.25, 0.3) is 22.2 Å². The van der Waals surface area contributed by atoms with Gasteiger partial charge in [0.15, 0.2) is 0 Å². The van der Waals surface area contributed by atoms with E-state index in [0.717, 1.165) is 10.9 Å². The van der Waals surface area contributed by atoms with Gasteiger partial charge < -0.3 is 24.6 Å². The molecule has 2 unspecified atom stereocenters. The van der Waals surface area contributed by atoms with Crippen LogP contribution in [0.15, 0.2) is 66.2 Å². The molecule has 2 N–H and O–H groups in total. The van der Waals surface area contributed by atoms with E-state index in [2.05, 4.69) is 5.32 Å². The van der Waals surface area contributed by atoms with Crippen LogP contribution in [0, 0.1) is 5.92 Å². The average Bonchev–Trinajstić information content (AvgIpc) is 3.35. The SMILES string of the molecule is CC[C@H](NC(=O)C1CC(Oc2cc(-c3ccccc3)nc3cc(OC)ccc23)C=C1C(=O)O)C(=O)OC(C)(C)C. The number of methoxy groups -OCH3 is 1. The van der Waals surface area contributed by atoms with E-state index in [9.17, 15) is 19.5 Å². The molecule has 4 rings (SSSR count). The van der Waals surface area contributed by atoms with Crippen LogP contribution in [-0.2, 0) is 19.1 Å². The van der Waals surface area contributed by atoms with E-state index in [4.69, 9.17) is 19.2 Å². The van der Waals surface area contributed by atoms with Gasteiger partial charge in [-0.2, -0.15) is 0 Å². The zero-order valence-electron chi connectivity index (χ0n) is 23.3. The van der Waals surface area contributed by atoms with Crippen LogP contribution in [0.3, 0.4) is 0 Å². The van der Waals surface area contributed by atoms with Gasteiger partial charge in [0, 0.05) is 35.1 Å². The molecule has 0 radical (unpaired) electrons. The Balaban J connectivity index is 1.61. The highest BCUT2D eigenvalue weighted by atomic mass is 16.6. The van der Waals surface area contributed by atoms with Crippen molar-refractivity contribution in [2.24, 2.45) is 5.92 Å².